The first kappa shape index (κ1) is 18.7. The average molecular weight is 359 g/mol. The molecule has 25 heavy (non-hydrogen) atoms. The number of pyridine rings is 1. The number of hydrogen-bond acceptors (Lipinski definition) is 5. The van der Waals surface area contributed by atoms with E-state index in [-0.39, 0.29) is 18.4 Å². The number of carbonyl (C=O) groups is 1. The van der Waals surface area contributed by atoms with Gasteiger partial charge in [-0.15, -0.1) is 12.4 Å². The van der Waals surface area contributed by atoms with Crippen molar-refractivity contribution in [3.05, 3.63) is 77.8 Å². The second-order valence-corrected chi connectivity index (χ2v) is 5.26. The van der Waals surface area contributed by atoms with E-state index in [1.165, 1.54) is 7.11 Å². The summed E-state index contributed by atoms with van der Waals surface area (Å²) in [7, 11) is 1.37. The van der Waals surface area contributed by atoms with Crippen LogP contribution in [0.2, 0.25) is 0 Å². The number of carbonyl (C=O) groups excluding carboxylic acids is 1. The Morgan fingerprint density at radius 3 is 2.56 bits per heavy atom. The Hall–Kier alpha value is -2.63. The van der Waals surface area contributed by atoms with Gasteiger partial charge in [0.15, 0.2) is 0 Å². The van der Waals surface area contributed by atoms with Gasteiger partial charge in [0.1, 0.15) is 11.5 Å². The predicted molar refractivity (Wildman–Crippen MR) is 97.5 cm³/mol. The summed E-state index contributed by atoms with van der Waals surface area (Å²) in [6.07, 6.45) is 1.78. The zero-order valence-corrected chi connectivity index (χ0v) is 14.6. The highest BCUT2D eigenvalue weighted by molar-refractivity contribution is 5.89. The lowest BCUT2D eigenvalue weighted by Gasteiger charge is -2.03. The van der Waals surface area contributed by atoms with E-state index < -0.39 is 0 Å². The van der Waals surface area contributed by atoms with Gasteiger partial charge in [-0.2, -0.15) is 0 Å². The van der Waals surface area contributed by atoms with Crippen LogP contribution in [0.25, 0.3) is 11.3 Å². The van der Waals surface area contributed by atoms with E-state index in [1.54, 1.807) is 18.3 Å². The van der Waals surface area contributed by atoms with Crippen molar-refractivity contribution in [3.8, 4) is 11.3 Å². The highest BCUT2D eigenvalue weighted by Crippen LogP contribution is 2.22. The molecule has 0 unspecified atom stereocenters. The molecule has 130 valence electrons. The predicted octanol–water partition coefficient (Wildman–Crippen LogP) is 3.84. The van der Waals surface area contributed by atoms with Crippen LogP contribution in [-0.2, 0) is 17.8 Å². The summed E-state index contributed by atoms with van der Waals surface area (Å²) in [5.41, 5.74) is 2.42. The molecule has 6 heteroatoms. The average Bonchev–Trinajstić information content (AvgIpc) is 3.11. The Kier molecular flexibility index (Phi) is 6.74. The molecular weight excluding hydrogens is 340 g/mol. The van der Waals surface area contributed by atoms with Crippen molar-refractivity contribution < 1.29 is 13.9 Å². The van der Waals surface area contributed by atoms with Crippen LogP contribution in [0.5, 0.6) is 0 Å². The van der Waals surface area contributed by atoms with E-state index in [9.17, 15) is 4.79 Å². The van der Waals surface area contributed by atoms with Crippen molar-refractivity contribution in [1.29, 1.82) is 0 Å². The molecule has 0 fully saturated rings. The third-order valence-corrected chi connectivity index (χ3v) is 3.58. The molecule has 0 atom stereocenters. The fraction of sp³-hybridized carbons (Fsp3) is 0.158. The number of hydrogen-bond donors (Lipinski definition) is 1. The molecule has 0 radical (unpaired) electrons. The summed E-state index contributed by atoms with van der Waals surface area (Å²) in [5, 5.41) is 3.30. The number of halogens is 1. The van der Waals surface area contributed by atoms with Crippen molar-refractivity contribution in [2.45, 2.75) is 13.1 Å². The van der Waals surface area contributed by atoms with Gasteiger partial charge in [-0.3, -0.25) is 4.98 Å². The summed E-state index contributed by atoms with van der Waals surface area (Å²) in [6, 6.07) is 16.8. The van der Waals surface area contributed by atoms with Crippen molar-refractivity contribution in [3.63, 3.8) is 0 Å². The van der Waals surface area contributed by atoms with Crippen LogP contribution in [0.1, 0.15) is 21.8 Å². The van der Waals surface area contributed by atoms with Crippen LogP contribution in [0.3, 0.4) is 0 Å². The van der Waals surface area contributed by atoms with Crippen molar-refractivity contribution in [2.75, 3.05) is 7.11 Å². The van der Waals surface area contributed by atoms with Gasteiger partial charge >= 0.3 is 5.97 Å². The number of nitrogens with zero attached hydrogens (tertiary/aromatic N) is 1. The van der Waals surface area contributed by atoms with Gasteiger partial charge in [0.05, 0.1) is 24.9 Å². The van der Waals surface area contributed by atoms with E-state index in [0.29, 0.717) is 18.7 Å². The molecule has 0 spiro atoms. The minimum atomic E-state index is -0.347. The Labute approximate surface area is 152 Å². The van der Waals surface area contributed by atoms with Crippen LogP contribution >= 0.6 is 12.4 Å². The summed E-state index contributed by atoms with van der Waals surface area (Å²) in [5.74, 6) is 1.26. The molecule has 0 saturated heterocycles. The van der Waals surface area contributed by atoms with Gasteiger partial charge in [-0.25, -0.2) is 4.79 Å². The van der Waals surface area contributed by atoms with Crippen molar-refractivity contribution >= 4 is 18.4 Å². The number of rotatable bonds is 6. The summed E-state index contributed by atoms with van der Waals surface area (Å²) in [6.45, 7) is 1.31. The molecule has 3 aromatic rings. The first-order valence-corrected chi connectivity index (χ1v) is 7.64. The van der Waals surface area contributed by atoms with Gasteiger partial charge < -0.3 is 14.5 Å². The van der Waals surface area contributed by atoms with E-state index in [4.69, 9.17) is 9.15 Å². The first-order valence-electron chi connectivity index (χ1n) is 7.64. The summed E-state index contributed by atoms with van der Waals surface area (Å²) in [4.78, 5) is 15.7. The molecule has 0 bridgehead atoms. The van der Waals surface area contributed by atoms with Gasteiger partial charge in [-0.1, -0.05) is 18.2 Å². The fourth-order valence-corrected chi connectivity index (χ4v) is 2.33. The highest BCUT2D eigenvalue weighted by Gasteiger charge is 2.08. The Balaban J connectivity index is 0.00000225. The minimum Gasteiger partial charge on any atom is -0.465 e. The third kappa shape index (κ3) is 4.92. The molecule has 3 rings (SSSR count). The second kappa shape index (κ2) is 9.01. The first-order chi connectivity index (χ1) is 11.8. The number of nitrogens with one attached hydrogen (secondary N) is 1. The molecule has 1 aromatic carbocycles. The maximum atomic E-state index is 11.4. The zero-order valence-electron chi connectivity index (χ0n) is 13.8. The molecule has 0 aliphatic carbocycles. The smallest absolute Gasteiger partial charge is 0.337 e. The Morgan fingerprint density at radius 1 is 1.08 bits per heavy atom. The second-order valence-electron chi connectivity index (χ2n) is 5.26. The van der Waals surface area contributed by atoms with Gasteiger partial charge in [-0.05, 0) is 36.4 Å². The molecule has 1 N–H and O–H groups in total. The number of methoxy groups -OCH3 is 1. The highest BCUT2D eigenvalue weighted by atomic mass is 35.5. The molecular formula is C19H19ClN2O3. The van der Waals surface area contributed by atoms with Crippen LogP contribution in [-0.4, -0.2) is 18.1 Å². The number of aromatic nitrogens is 1. The normalized spacial score (nSPS) is 10.1. The van der Waals surface area contributed by atoms with E-state index in [0.717, 1.165) is 22.8 Å². The van der Waals surface area contributed by atoms with Gasteiger partial charge in [0.2, 0.25) is 0 Å². The molecule has 0 aliphatic rings. The van der Waals surface area contributed by atoms with E-state index >= 15 is 0 Å². The molecule has 2 aromatic heterocycles. The van der Waals surface area contributed by atoms with E-state index in [2.05, 4.69) is 10.3 Å². The lowest BCUT2D eigenvalue weighted by molar-refractivity contribution is 0.0600. The number of esters is 1. The maximum Gasteiger partial charge on any atom is 0.337 e. The standard InChI is InChI=1S/C19H18N2O3.ClH/c1-23-19(22)15-7-5-14(6-8-15)18-10-9-17(24-18)13-20-12-16-4-2-3-11-21-16;/h2-11,20H,12-13H2,1H3;1H. The lowest BCUT2D eigenvalue weighted by Crippen LogP contribution is -2.12. The summed E-state index contributed by atoms with van der Waals surface area (Å²) >= 11 is 0. The fourth-order valence-electron chi connectivity index (χ4n) is 2.33. The molecule has 0 saturated carbocycles. The van der Waals surface area contributed by atoms with Crippen LogP contribution in [0.4, 0.5) is 0 Å². The zero-order chi connectivity index (χ0) is 16.8. The molecule has 0 aliphatic heterocycles. The molecule has 0 amide bonds. The minimum absolute atomic E-state index is 0. The monoisotopic (exact) mass is 358 g/mol. The Bertz CT molecular complexity index is 801. The third-order valence-electron chi connectivity index (χ3n) is 3.58. The van der Waals surface area contributed by atoms with Gasteiger partial charge in [0.25, 0.3) is 0 Å². The topological polar surface area (TPSA) is 64.4 Å². The molecule has 5 nitrogen and oxygen atoms in total. The van der Waals surface area contributed by atoms with Crippen LogP contribution < -0.4 is 5.32 Å². The van der Waals surface area contributed by atoms with Gasteiger partial charge in [0, 0.05) is 18.3 Å². The van der Waals surface area contributed by atoms with E-state index in [1.807, 2.05) is 42.5 Å². The molecule has 2 heterocycles. The summed E-state index contributed by atoms with van der Waals surface area (Å²) < 4.78 is 10.5. The largest absolute Gasteiger partial charge is 0.465 e. The van der Waals surface area contributed by atoms with Crippen LogP contribution in [0, 0.1) is 0 Å². The quantitative estimate of drug-likeness (QED) is 0.678. The van der Waals surface area contributed by atoms with Crippen molar-refractivity contribution in [2.24, 2.45) is 0 Å². The number of furan rings is 1. The maximum absolute atomic E-state index is 11.4. The SMILES string of the molecule is COC(=O)c1ccc(-c2ccc(CNCc3ccccn3)o2)cc1.Cl. The number of ether oxygens (including phenoxy) is 1. The van der Waals surface area contributed by atoms with Crippen molar-refractivity contribution in [1.82, 2.24) is 10.3 Å². The lowest BCUT2D eigenvalue weighted by atomic mass is 10.1. The van der Waals surface area contributed by atoms with Crippen LogP contribution in [0.15, 0.2) is 65.2 Å². The number of benzene rings is 1. The Morgan fingerprint density at radius 2 is 1.88 bits per heavy atom.